The molecule has 2 aromatic heterocycles. The summed E-state index contributed by atoms with van der Waals surface area (Å²) >= 11 is 0. The Morgan fingerprint density at radius 3 is 2.88 bits per heavy atom. The average molecular weight is 230 g/mol. The molecule has 0 unspecified atom stereocenters. The lowest BCUT2D eigenvalue weighted by Gasteiger charge is -2.14. The standard InChI is InChI=1S/C13H18N4/c1-3-13(4-5-13)8-17-11-10(16-12(17)14)6-9(2)7-15-11/h6-7H,3-5,8H2,1-2H3,(H2,14,16). The Morgan fingerprint density at radius 1 is 1.47 bits per heavy atom. The minimum atomic E-state index is 0.453. The number of anilines is 1. The highest BCUT2D eigenvalue weighted by molar-refractivity contribution is 5.74. The maximum Gasteiger partial charge on any atom is 0.202 e. The number of nitrogens with two attached hydrogens (primary N) is 1. The number of fused-ring (bicyclic) bond motifs is 1. The molecule has 1 fully saturated rings. The summed E-state index contributed by atoms with van der Waals surface area (Å²) in [5, 5.41) is 0. The number of nitrogen functional groups attached to an aromatic ring is 1. The Hall–Kier alpha value is -1.58. The summed E-state index contributed by atoms with van der Waals surface area (Å²) in [4.78, 5) is 8.87. The van der Waals surface area contributed by atoms with Crippen LogP contribution in [0.25, 0.3) is 11.2 Å². The summed E-state index contributed by atoms with van der Waals surface area (Å²) in [6, 6.07) is 2.04. The van der Waals surface area contributed by atoms with Crippen LogP contribution in [0.3, 0.4) is 0 Å². The maximum absolute atomic E-state index is 6.00. The third-order valence-electron chi connectivity index (χ3n) is 3.95. The van der Waals surface area contributed by atoms with Gasteiger partial charge < -0.3 is 5.73 Å². The highest BCUT2D eigenvalue weighted by Crippen LogP contribution is 2.50. The third-order valence-corrected chi connectivity index (χ3v) is 3.95. The number of imidazole rings is 1. The van der Waals surface area contributed by atoms with E-state index < -0.39 is 0 Å². The first kappa shape index (κ1) is 10.6. The Labute approximate surface area is 101 Å². The molecule has 2 heterocycles. The van der Waals surface area contributed by atoms with Gasteiger partial charge in [-0.25, -0.2) is 9.97 Å². The lowest BCUT2D eigenvalue weighted by atomic mass is 10.0. The first-order valence-corrected chi connectivity index (χ1v) is 6.22. The largest absolute Gasteiger partial charge is 0.369 e. The fraction of sp³-hybridized carbons (Fsp3) is 0.538. The smallest absolute Gasteiger partial charge is 0.202 e. The summed E-state index contributed by atoms with van der Waals surface area (Å²) in [6.45, 7) is 5.23. The van der Waals surface area contributed by atoms with Crippen LogP contribution in [0.15, 0.2) is 12.3 Å². The maximum atomic E-state index is 6.00. The van der Waals surface area contributed by atoms with Crippen molar-refractivity contribution < 1.29 is 0 Å². The zero-order chi connectivity index (χ0) is 12.0. The number of aryl methyl sites for hydroxylation is 1. The predicted molar refractivity (Wildman–Crippen MR) is 68.6 cm³/mol. The highest BCUT2D eigenvalue weighted by atomic mass is 15.2. The summed E-state index contributed by atoms with van der Waals surface area (Å²) in [7, 11) is 0. The molecule has 0 aromatic carbocycles. The molecule has 1 saturated carbocycles. The molecule has 0 spiro atoms. The molecule has 2 aromatic rings. The van der Waals surface area contributed by atoms with Crippen LogP contribution in [0.1, 0.15) is 31.7 Å². The van der Waals surface area contributed by atoms with Crippen LogP contribution < -0.4 is 5.73 Å². The number of hydrogen-bond acceptors (Lipinski definition) is 3. The molecule has 0 radical (unpaired) electrons. The Morgan fingerprint density at radius 2 is 2.24 bits per heavy atom. The van der Waals surface area contributed by atoms with Crippen molar-refractivity contribution in [3.63, 3.8) is 0 Å². The average Bonchev–Trinajstić information content (AvgIpc) is 3.01. The van der Waals surface area contributed by atoms with Gasteiger partial charge in [-0.2, -0.15) is 0 Å². The molecular formula is C13H18N4. The normalized spacial score (nSPS) is 17.5. The van der Waals surface area contributed by atoms with Gasteiger partial charge in [-0.3, -0.25) is 4.57 Å². The van der Waals surface area contributed by atoms with E-state index in [2.05, 4.69) is 21.5 Å². The molecule has 0 atom stereocenters. The van der Waals surface area contributed by atoms with Gasteiger partial charge in [-0.15, -0.1) is 0 Å². The van der Waals surface area contributed by atoms with E-state index >= 15 is 0 Å². The van der Waals surface area contributed by atoms with Crippen molar-refractivity contribution in [2.45, 2.75) is 39.7 Å². The Balaban J connectivity index is 2.06. The second kappa shape index (κ2) is 3.45. The fourth-order valence-corrected chi connectivity index (χ4v) is 2.42. The van der Waals surface area contributed by atoms with Crippen LogP contribution in [-0.4, -0.2) is 14.5 Å². The third kappa shape index (κ3) is 1.68. The second-order valence-corrected chi connectivity index (χ2v) is 5.27. The molecule has 17 heavy (non-hydrogen) atoms. The van der Waals surface area contributed by atoms with Crippen molar-refractivity contribution in [2.24, 2.45) is 5.41 Å². The van der Waals surface area contributed by atoms with Crippen LogP contribution in [0.2, 0.25) is 0 Å². The molecule has 4 heteroatoms. The lowest BCUT2D eigenvalue weighted by molar-refractivity contribution is 0.417. The summed E-state index contributed by atoms with van der Waals surface area (Å²) in [6.07, 6.45) is 5.69. The zero-order valence-corrected chi connectivity index (χ0v) is 10.4. The molecule has 1 aliphatic rings. The van der Waals surface area contributed by atoms with E-state index in [-0.39, 0.29) is 0 Å². The molecule has 90 valence electrons. The van der Waals surface area contributed by atoms with Crippen molar-refractivity contribution in [3.8, 4) is 0 Å². The fourth-order valence-electron chi connectivity index (χ4n) is 2.42. The SMILES string of the molecule is CCC1(Cn2c(N)nc3cc(C)cnc32)CC1. The van der Waals surface area contributed by atoms with Crippen LogP contribution in [0, 0.1) is 12.3 Å². The number of pyridine rings is 1. The summed E-state index contributed by atoms with van der Waals surface area (Å²) < 4.78 is 2.07. The van der Waals surface area contributed by atoms with Gasteiger partial charge in [0.05, 0.1) is 0 Å². The predicted octanol–water partition coefficient (Wildman–Crippen LogP) is 2.51. The van der Waals surface area contributed by atoms with Gasteiger partial charge in [-0.1, -0.05) is 6.92 Å². The van der Waals surface area contributed by atoms with Gasteiger partial charge >= 0.3 is 0 Å². The summed E-state index contributed by atoms with van der Waals surface area (Å²) in [5.74, 6) is 0.595. The molecule has 0 aliphatic heterocycles. The van der Waals surface area contributed by atoms with E-state index in [0.717, 1.165) is 23.3 Å². The molecule has 0 amide bonds. The topological polar surface area (TPSA) is 56.7 Å². The molecular weight excluding hydrogens is 212 g/mol. The minimum Gasteiger partial charge on any atom is -0.369 e. The van der Waals surface area contributed by atoms with E-state index in [9.17, 15) is 0 Å². The van der Waals surface area contributed by atoms with Crippen molar-refractivity contribution in [2.75, 3.05) is 5.73 Å². The van der Waals surface area contributed by atoms with Gasteiger partial charge in [-0.05, 0) is 43.2 Å². The van der Waals surface area contributed by atoms with Crippen LogP contribution in [0.4, 0.5) is 5.95 Å². The van der Waals surface area contributed by atoms with E-state index in [1.165, 1.54) is 19.3 Å². The first-order valence-electron chi connectivity index (χ1n) is 6.22. The number of aromatic nitrogens is 3. The lowest BCUT2D eigenvalue weighted by Crippen LogP contribution is -2.13. The van der Waals surface area contributed by atoms with E-state index in [1.807, 2.05) is 19.2 Å². The molecule has 3 rings (SSSR count). The van der Waals surface area contributed by atoms with E-state index in [0.29, 0.717) is 11.4 Å². The van der Waals surface area contributed by atoms with Crippen molar-refractivity contribution in [3.05, 3.63) is 17.8 Å². The Bertz CT molecular complexity index is 566. The van der Waals surface area contributed by atoms with Gasteiger partial charge in [0.1, 0.15) is 5.52 Å². The number of hydrogen-bond donors (Lipinski definition) is 1. The second-order valence-electron chi connectivity index (χ2n) is 5.27. The van der Waals surface area contributed by atoms with Gasteiger partial charge in [0.15, 0.2) is 5.65 Å². The van der Waals surface area contributed by atoms with E-state index in [4.69, 9.17) is 5.73 Å². The monoisotopic (exact) mass is 230 g/mol. The van der Waals surface area contributed by atoms with Gasteiger partial charge in [0.2, 0.25) is 5.95 Å². The summed E-state index contributed by atoms with van der Waals surface area (Å²) in [5.41, 5.74) is 9.42. The highest BCUT2D eigenvalue weighted by Gasteiger charge is 2.41. The van der Waals surface area contributed by atoms with Crippen LogP contribution >= 0.6 is 0 Å². The molecule has 2 N–H and O–H groups in total. The molecule has 4 nitrogen and oxygen atoms in total. The van der Waals surface area contributed by atoms with Gasteiger partial charge in [0.25, 0.3) is 0 Å². The van der Waals surface area contributed by atoms with E-state index in [1.54, 1.807) is 0 Å². The van der Waals surface area contributed by atoms with Crippen molar-refractivity contribution in [1.82, 2.24) is 14.5 Å². The Kier molecular flexibility index (Phi) is 2.15. The zero-order valence-electron chi connectivity index (χ0n) is 10.4. The first-order chi connectivity index (χ1) is 8.13. The van der Waals surface area contributed by atoms with Gasteiger partial charge in [0, 0.05) is 12.7 Å². The van der Waals surface area contributed by atoms with Crippen molar-refractivity contribution in [1.29, 1.82) is 0 Å². The minimum absolute atomic E-state index is 0.453. The molecule has 0 bridgehead atoms. The molecule has 0 saturated heterocycles. The number of nitrogens with zero attached hydrogens (tertiary/aromatic N) is 3. The number of rotatable bonds is 3. The molecule has 1 aliphatic carbocycles. The van der Waals surface area contributed by atoms with Crippen molar-refractivity contribution >= 4 is 17.1 Å². The van der Waals surface area contributed by atoms with Crippen LogP contribution in [-0.2, 0) is 6.54 Å². The van der Waals surface area contributed by atoms with Crippen LogP contribution in [0.5, 0.6) is 0 Å². The quantitative estimate of drug-likeness (QED) is 0.881.